The van der Waals surface area contributed by atoms with Gasteiger partial charge in [-0.25, -0.2) is 0 Å². The second kappa shape index (κ2) is 5.50. The summed E-state index contributed by atoms with van der Waals surface area (Å²) in [5, 5.41) is 5.77. The van der Waals surface area contributed by atoms with Crippen LogP contribution < -0.4 is 10.1 Å². The first kappa shape index (κ1) is 13.4. The van der Waals surface area contributed by atoms with E-state index < -0.39 is 0 Å². The molecule has 0 spiro atoms. The molecule has 0 aliphatic carbocycles. The Morgan fingerprint density at radius 2 is 2.00 bits per heavy atom. The van der Waals surface area contributed by atoms with Crippen LogP contribution in [0.3, 0.4) is 0 Å². The Labute approximate surface area is 129 Å². The molecule has 0 radical (unpaired) electrons. The van der Waals surface area contributed by atoms with Gasteiger partial charge in [-0.05, 0) is 31.0 Å². The zero-order valence-corrected chi connectivity index (χ0v) is 12.6. The molecule has 22 heavy (non-hydrogen) atoms. The quantitative estimate of drug-likeness (QED) is 0.762. The molecule has 4 rings (SSSR count). The van der Waals surface area contributed by atoms with Crippen LogP contribution in [0.2, 0.25) is 0 Å². The molecule has 3 nitrogen and oxygen atoms in total. The van der Waals surface area contributed by atoms with E-state index in [-0.39, 0.29) is 6.10 Å². The molecule has 2 aromatic carbocycles. The van der Waals surface area contributed by atoms with E-state index in [9.17, 15) is 0 Å². The standard InChI is InChI=1S/C19H19NO2/c1-13-11-15-12-20-10-9-18(19(15)21-13)22-17-8-4-6-14-5-2-3-7-16(14)17/h2-8,11,18,20H,9-10,12H2,1H3/t18-/m1/s1. The Balaban J connectivity index is 1.73. The third-order valence-electron chi connectivity index (χ3n) is 4.17. The molecule has 0 saturated carbocycles. The van der Waals surface area contributed by atoms with Crippen LogP contribution in [0.5, 0.6) is 5.75 Å². The number of ether oxygens (including phenoxy) is 1. The molecule has 0 amide bonds. The maximum absolute atomic E-state index is 6.35. The number of aryl methyl sites for hydroxylation is 1. The van der Waals surface area contributed by atoms with Gasteiger partial charge in [0, 0.05) is 23.9 Å². The molecule has 0 saturated heterocycles. The fourth-order valence-corrected chi connectivity index (χ4v) is 3.15. The number of benzene rings is 2. The van der Waals surface area contributed by atoms with Crippen molar-refractivity contribution < 1.29 is 9.15 Å². The summed E-state index contributed by atoms with van der Waals surface area (Å²) in [6.07, 6.45) is 0.868. The summed E-state index contributed by atoms with van der Waals surface area (Å²) < 4.78 is 12.3. The summed E-state index contributed by atoms with van der Waals surface area (Å²) in [5.74, 6) is 2.83. The second-order valence-corrected chi connectivity index (χ2v) is 5.80. The lowest BCUT2D eigenvalue weighted by atomic mass is 10.1. The van der Waals surface area contributed by atoms with Crippen LogP contribution in [-0.4, -0.2) is 6.54 Å². The lowest BCUT2D eigenvalue weighted by Crippen LogP contribution is -2.14. The van der Waals surface area contributed by atoms with Gasteiger partial charge in [0.2, 0.25) is 0 Å². The minimum absolute atomic E-state index is 0.0375. The molecule has 0 bridgehead atoms. The van der Waals surface area contributed by atoms with Crippen LogP contribution in [0.25, 0.3) is 10.8 Å². The van der Waals surface area contributed by atoms with Gasteiger partial charge in [0.15, 0.2) is 6.10 Å². The van der Waals surface area contributed by atoms with Crippen LogP contribution in [0, 0.1) is 6.92 Å². The molecule has 0 fully saturated rings. The monoisotopic (exact) mass is 293 g/mol. The van der Waals surface area contributed by atoms with E-state index in [0.29, 0.717) is 0 Å². The van der Waals surface area contributed by atoms with Gasteiger partial charge in [-0.1, -0.05) is 36.4 Å². The molecular weight excluding hydrogens is 274 g/mol. The molecule has 1 aliphatic heterocycles. The molecule has 2 heterocycles. The zero-order chi connectivity index (χ0) is 14.9. The second-order valence-electron chi connectivity index (χ2n) is 5.80. The number of furan rings is 1. The molecule has 1 aliphatic rings. The topological polar surface area (TPSA) is 34.4 Å². The number of hydrogen-bond acceptors (Lipinski definition) is 3. The fourth-order valence-electron chi connectivity index (χ4n) is 3.15. The largest absolute Gasteiger partial charge is 0.482 e. The van der Waals surface area contributed by atoms with E-state index >= 15 is 0 Å². The summed E-state index contributed by atoms with van der Waals surface area (Å²) in [6.45, 7) is 3.77. The molecule has 1 N–H and O–H groups in total. The Kier molecular flexibility index (Phi) is 3.35. The normalized spacial score (nSPS) is 18.0. The Bertz CT molecular complexity index is 801. The maximum Gasteiger partial charge on any atom is 0.158 e. The molecule has 1 aromatic heterocycles. The zero-order valence-electron chi connectivity index (χ0n) is 12.6. The van der Waals surface area contributed by atoms with Crippen molar-refractivity contribution in [2.75, 3.05) is 6.54 Å². The first-order valence-corrected chi connectivity index (χ1v) is 7.75. The van der Waals surface area contributed by atoms with Crippen molar-refractivity contribution in [2.45, 2.75) is 26.0 Å². The molecule has 112 valence electrons. The molecule has 3 heteroatoms. The molecule has 1 atom stereocenters. The van der Waals surface area contributed by atoms with E-state index in [2.05, 4.69) is 35.6 Å². The third-order valence-corrected chi connectivity index (χ3v) is 4.17. The highest BCUT2D eigenvalue weighted by Crippen LogP contribution is 2.34. The van der Waals surface area contributed by atoms with Gasteiger partial charge >= 0.3 is 0 Å². The highest BCUT2D eigenvalue weighted by atomic mass is 16.5. The SMILES string of the molecule is Cc1cc2c(o1)[C@H](Oc1cccc3ccccc13)CCNC2. The van der Waals surface area contributed by atoms with Gasteiger partial charge < -0.3 is 14.5 Å². The average molecular weight is 293 g/mol. The predicted molar refractivity (Wildman–Crippen MR) is 87.1 cm³/mol. The van der Waals surface area contributed by atoms with Crippen molar-refractivity contribution in [1.29, 1.82) is 0 Å². The van der Waals surface area contributed by atoms with Crippen molar-refractivity contribution in [3.63, 3.8) is 0 Å². The van der Waals surface area contributed by atoms with E-state index in [1.54, 1.807) is 0 Å². The average Bonchev–Trinajstić information content (AvgIpc) is 2.82. The van der Waals surface area contributed by atoms with Gasteiger partial charge in [0.25, 0.3) is 0 Å². The minimum atomic E-state index is -0.0375. The van der Waals surface area contributed by atoms with Gasteiger partial charge in [0.1, 0.15) is 17.3 Å². The van der Waals surface area contributed by atoms with Crippen molar-refractivity contribution in [3.05, 3.63) is 65.6 Å². The number of fused-ring (bicyclic) bond motifs is 2. The van der Waals surface area contributed by atoms with E-state index in [1.807, 2.05) is 25.1 Å². The molecule has 0 unspecified atom stereocenters. The molecular formula is C19H19NO2. The Hall–Kier alpha value is -2.26. The summed E-state index contributed by atoms with van der Waals surface area (Å²) in [4.78, 5) is 0. The van der Waals surface area contributed by atoms with E-state index in [0.717, 1.165) is 42.2 Å². The van der Waals surface area contributed by atoms with Crippen molar-refractivity contribution in [2.24, 2.45) is 0 Å². The van der Waals surface area contributed by atoms with Crippen LogP contribution in [0.15, 0.2) is 52.9 Å². The third kappa shape index (κ3) is 2.38. The van der Waals surface area contributed by atoms with E-state index in [4.69, 9.17) is 9.15 Å². The highest BCUT2D eigenvalue weighted by Gasteiger charge is 2.24. The fraction of sp³-hybridized carbons (Fsp3) is 0.263. The highest BCUT2D eigenvalue weighted by molar-refractivity contribution is 5.88. The number of nitrogens with one attached hydrogen (secondary N) is 1. The smallest absolute Gasteiger partial charge is 0.158 e. The molecule has 3 aromatic rings. The van der Waals surface area contributed by atoms with Crippen molar-refractivity contribution in [3.8, 4) is 5.75 Å². The number of rotatable bonds is 2. The maximum atomic E-state index is 6.35. The summed E-state index contributed by atoms with van der Waals surface area (Å²) in [7, 11) is 0. The summed E-state index contributed by atoms with van der Waals surface area (Å²) in [6, 6.07) is 16.6. The lowest BCUT2D eigenvalue weighted by Gasteiger charge is -2.18. The lowest BCUT2D eigenvalue weighted by molar-refractivity contribution is 0.169. The van der Waals surface area contributed by atoms with Crippen molar-refractivity contribution in [1.82, 2.24) is 5.32 Å². The Morgan fingerprint density at radius 1 is 1.14 bits per heavy atom. The van der Waals surface area contributed by atoms with Crippen LogP contribution in [0.1, 0.15) is 29.6 Å². The van der Waals surface area contributed by atoms with Gasteiger partial charge in [-0.3, -0.25) is 0 Å². The first-order chi connectivity index (χ1) is 10.8. The van der Waals surface area contributed by atoms with Gasteiger partial charge in [0.05, 0.1) is 0 Å². The first-order valence-electron chi connectivity index (χ1n) is 7.75. The summed E-state index contributed by atoms with van der Waals surface area (Å²) in [5.41, 5.74) is 1.21. The predicted octanol–water partition coefficient (Wildman–Crippen LogP) is 4.35. The van der Waals surface area contributed by atoms with Crippen molar-refractivity contribution >= 4 is 10.8 Å². The number of hydrogen-bond donors (Lipinski definition) is 1. The van der Waals surface area contributed by atoms with Crippen LogP contribution >= 0.6 is 0 Å². The van der Waals surface area contributed by atoms with Gasteiger partial charge in [-0.15, -0.1) is 0 Å². The van der Waals surface area contributed by atoms with Crippen LogP contribution in [0.4, 0.5) is 0 Å². The van der Waals surface area contributed by atoms with E-state index in [1.165, 1.54) is 10.9 Å². The minimum Gasteiger partial charge on any atom is -0.482 e. The van der Waals surface area contributed by atoms with Gasteiger partial charge in [-0.2, -0.15) is 0 Å². The summed E-state index contributed by atoms with van der Waals surface area (Å²) >= 11 is 0. The van der Waals surface area contributed by atoms with Crippen LogP contribution in [-0.2, 0) is 6.54 Å². The Morgan fingerprint density at radius 3 is 2.95 bits per heavy atom.